The third-order valence-corrected chi connectivity index (χ3v) is 23.4. The maximum absolute atomic E-state index is 13.6. The number of rotatable bonds is 20. The number of esters is 1. The molecule has 6 heterocycles. The first-order valence-electron chi connectivity index (χ1n) is 34.0. The van der Waals surface area contributed by atoms with Gasteiger partial charge in [-0.2, -0.15) is 0 Å². The molecule has 538 valence electrons. The number of aliphatic hydroxyl groups excluding tert-OH is 6. The molecule has 10 rings (SSSR count). The number of carbonyl (C=O) groups excluding carboxylic acids is 2. The first kappa shape index (κ1) is 74.4. The highest BCUT2D eigenvalue weighted by Crippen LogP contribution is 2.71. The SMILES string of the molecule is COC1CC(OC2C(O)CC(OC3CCC4(C)C(=CCC5(O)C4CC(OC(=O)C=C(C)C(C)C)C4(C)C(O)(C(C)=O)CCC54O)C3)OC2C)OC(C)C1OC1CC(O)C(OC2CC(OC)C(OC3CC(OC)C(OC4OC(CO)C(O)C(O)C4O)C(C)O3)C(C)O2)C(C)O1. The van der Waals surface area contributed by atoms with Crippen LogP contribution < -0.4 is 0 Å². The van der Waals surface area contributed by atoms with E-state index in [-0.39, 0.29) is 69.8 Å². The van der Waals surface area contributed by atoms with Crippen molar-refractivity contribution < 1.29 is 131 Å². The van der Waals surface area contributed by atoms with Crippen LogP contribution in [-0.4, -0.2) is 268 Å². The lowest BCUT2D eigenvalue weighted by atomic mass is 9.42. The molecule has 27 heteroatoms. The molecule has 9 fully saturated rings. The Kier molecular flexibility index (Phi) is 23.2. The molecule has 0 spiro atoms. The molecular weight excluding hydrogens is 1240 g/mol. The first-order valence-corrected chi connectivity index (χ1v) is 34.0. The van der Waals surface area contributed by atoms with Crippen LogP contribution in [-0.2, 0) is 85.4 Å². The average Bonchev–Trinajstić information content (AvgIpc) is 1.38. The summed E-state index contributed by atoms with van der Waals surface area (Å²) in [6.45, 7) is 19.0. The summed E-state index contributed by atoms with van der Waals surface area (Å²) in [5, 5.41) is 102. The summed E-state index contributed by atoms with van der Waals surface area (Å²) in [7, 11) is 4.61. The van der Waals surface area contributed by atoms with Gasteiger partial charge in [0.1, 0.15) is 77.8 Å². The molecule has 9 N–H and O–H groups in total. The van der Waals surface area contributed by atoms with Crippen molar-refractivity contribution in [3.63, 3.8) is 0 Å². The summed E-state index contributed by atoms with van der Waals surface area (Å²) in [6, 6.07) is 0. The minimum atomic E-state index is -2.06. The van der Waals surface area contributed by atoms with Crippen molar-refractivity contribution in [2.24, 2.45) is 22.7 Å². The van der Waals surface area contributed by atoms with E-state index in [9.17, 15) is 55.5 Å². The van der Waals surface area contributed by atoms with Gasteiger partial charge in [-0.25, -0.2) is 4.79 Å². The Balaban J connectivity index is 0.685. The molecule has 27 nitrogen and oxygen atoms in total. The fourth-order valence-electron chi connectivity index (χ4n) is 17.4. The number of hydrogen-bond donors (Lipinski definition) is 9. The second kappa shape index (κ2) is 29.3. The zero-order valence-corrected chi connectivity index (χ0v) is 57.0. The zero-order chi connectivity index (χ0) is 68.5. The molecule has 0 aromatic heterocycles. The Labute approximate surface area is 551 Å². The summed E-state index contributed by atoms with van der Waals surface area (Å²) in [5.74, 6) is -1.74. The lowest BCUT2D eigenvalue weighted by molar-refractivity contribution is -0.359. The van der Waals surface area contributed by atoms with Crippen molar-refractivity contribution in [2.45, 2.75) is 336 Å². The van der Waals surface area contributed by atoms with Gasteiger partial charge in [-0.05, 0) is 112 Å². The number of ether oxygens (including phenoxy) is 16. The minimum Gasteiger partial charge on any atom is -0.458 e. The topological polar surface area (TPSA) is 364 Å². The molecule has 3 saturated carbocycles. The molecule has 0 aromatic rings. The molecule has 0 amide bonds. The van der Waals surface area contributed by atoms with E-state index in [0.29, 0.717) is 19.3 Å². The van der Waals surface area contributed by atoms with Gasteiger partial charge in [0.05, 0.1) is 79.2 Å². The van der Waals surface area contributed by atoms with Crippen LogP contribution in [0, 0.1) is 22.7 Å². The normalized spacial score (nSPS) is 50.9. The van der Waals surface area contributed by atoms with Gasteiger partial charge >= 0.3 is 5.97 Å². The summed E-state index contributed by atoms with van der Waals surface area (Å²) >= 11 is 0. The summed E-state index contributed by atoms with van der Waals surface area (Å²) in [5.41, 5.74) is -6.39. The van der Waals surface area contributed by atoms with E-state index >= 15 is 0 Å². The van der Waals surface area contributed by atoms with Gasteiger partial charge in [-0.1, -0.05) is 38.0 Å². The fourth-order valence-corrected chi connectivity index (χ4v) is 17.4. The highest BCUT2D eigenvalue weighted by molar-refractivity contribution is 5.87. The van der Waals surface area contributed by atoms with Gasteiger partial charge in [0, 0.05) is 65.4 Å². The highest BCUT2D eigenvalue weighted by atomic mass is 16.8. The lowest BCUT2D eigenvalue weighted by Gasteiger charge is -2.67. The number of carbonyl (C=O) groups is 2. The number of aliphatic hydroxyl groups is 9. The molecule has 0 bridgehead atoms. The predicted molar refractivity (Wildman–Crippen MR) is 326 cm³/mol. The Morgan fingerprint density at radius 3 is 1.51 bits per heavy atom. The maximum atomic E-state index is 13.6. The predicted octanol–water partition coefficient (Wildman–Crippen LogP) is 2.18. The van der Waals surface area contributed by atoms with Gasteiger partial charge in [-0.3, -0.25) is 4.79 Å². The summed E-state index contributed by atoms with van der Waals surface area (Å²) in [4.78, 5) is 26.9. The fraction of sp³-hybridized carbons (Fsp3) is 0.910. The molecule has 6 aliphatic heterocycles. The number of Topliss-reactive ketones (excluding diaryl/α,β-unsaturated/α-hetero) is 1. The van der Waals surface area contributed by atoms with E-state index in [0.717, 1.165) is 11.1 Å². The molecule has 0 aromatic carbocycles. The minimum absolute atomic E-state index is 0.0526. The lowest BCUT2D eigenvalue weighted by Crippen LogP contribution is -2.78. The Morgan fingerprint density at radius 1 is 0.596 bits per heavy atom. The van der Waals surface area contributed by atoms with E-state index < -0.39 is 212 Å². The van der Waals surface area contributed by atoms with E-state index in [1.165, 1.54) is 20.1 Å². The van der Waals surface area contributed by atoms with Crippen molar-refractivity contribution in [3.05, 3.63) is 23.3 Å². The summed E-state index contributed by atoms with van der Waals surface area (Å²) < 4.78 is 99.9. The Bertz CT molecular complexity index is 2620. The number of ketones is 1. The monoisotopic (exact) mass is 1340 g/mol. The van der Waals surface area contributed by atoms with Crippen LogP contribution in [0.4, 0.5) is 0 Å². The van der Waals surface area contributed by atoms with Crippen LogP contribution in [0.5, 0.6) is 0 Å². The number of hydrogen-bond acceptors (Lipinski definition) is 27. The van der Waals surface area contributed by atoms with Crippen LogP contribution >= 0.6 is 0 Å². The van der Waals surface area contributed by atoms with Crippen molar-refractivity contribution in [1.29, 1.82) is 0 Å². The van der Waals surface area contributed by atoms with Gasteiger partial charge < -0.3 is 122 Å². The second-order valence-electron chi connectivity index (χ2n) is 29.2. The van der Waals surface area contributed by atoms with Gasteiger partial charge in [0.25, 0.3) is 0 Å². The van der Waals surface area contributed by atoms with Crippen LogP contribution in [0.3, 0.4) is 0 Å². The van der Waals surface area contributed by atoms with Gasteiger partial charge in [0.2, 0.25) is 0 Å². The Hall–Kier alpha value is -2.34. The number of methoxy groups -OCH3 is 3. The Morgan fingerprint density at radius 2 is 1.05 bits per heavy atom. The standard InChI is InChI=1S/C67H108O27/c1-30(2)31(3)21-48(72)89-47-28-46-63(10)17-16-39(22-38(63)15-18-66(46,77)67(78)20-19-65(76,37(9)69)64(47,67)11)87-49-23-40(70)57(32(4)82-49)90-51-25-42(79-12)59(34(6)84-51)92-50-24-41(71)58(33(5)83-50)91-52-26-43(80-13)60(35(7)85-52)93-53-27-44(81-14)61(36(8)86-53)94-62-56(75)55(74)54(73)45(29-68)88-62/h15,21,30,32-36,39-47,49-62,68,70-71,73-78H,16-20,22-29H2,1-14H3. The molecule has 10 aliphatic rings. The van der Waals surface area contributed by atoms with Gasteiger partial charge in [0.15, 0.2) is 43.5 Å². The third-order valence-electron chi connectivity index (χ3n) is 23.4. The van der Waals surface area contributed by atoms with Crippen LogP contribution in [0.15, 0.2) is 23.3 Å². The van der Waals surface area contributed by atoms with Crippen molar-refractivity contribution >= 4 is 11.8 Å². The molecular formula is C67H108O27. The van der Waals surface area contributed by atoms with Crippen molar-refractivity contribution in [2.75, 3.05) is 27.9 Å². The zero-order valence-electron chi connectivity index (χ0n) is 57.0. The largest absolute Gasteiger partial charge is 0.458 e. The van der Waals surface area contributed by atoms with Crippen LogP contribution in [0.2, 0.25) is 0 Å². The number of allylic oxidation sites excluding steroid dienone is 1. The molecule has 4 aliphatic carbocycles. The van der Waals surface area contributed by atoms with Crippen LogP contribution in [0.25, 0.3) is 0 Å². The second-order valence-corrected chi connectivity index (χ2v) is 29.2. The summed E-state index contributed by atoms with van der Waals surface area (Å²) in [6.07, 6.45) is -17.6. The molecule has 33 atom stereocenters. The van der Waals surface area contributed by atoms with E-state index in [1.807, 2.05) is 47.6 Å². The number of fused-ring (bicyclic) bond motifs is 5. The smallest absolute Gasteiger partial charge is 0.330 e. The molecule has 94 heavy (non-hydrogen) atoms. The third kappa shape index (κ3) is 13.8. The molecule has 33 unspecified atom stereocenters. The average molecular weight is 1350 g/mol. The van der Waals surface area contributed by atoms with Crippen molar-refractivity contribution in [1.82, 2.24) is 0 Å². The van der Waals surface area contributed by atoms with Crippen molar-refractivity contribution in [3.8, 4) is 0 Å². The highest BCUT2D eigenvalue weighted by Gasteiger charge is 2.81. The van der Waals surface area contributed by atoms with Crippen LogP contribution in [0.1, 0.15) is 153 Å². The quantitative estimate of drug-likeness (QED) is 0.0479. The maximum Gasteiger partial charge on any atom is 0.330 e. The molecule has 6 saturated heterocycles. The molecule has 0 radical (unpaired) electrons. The van der Waals surface area contributed by atoms with Gasteiger partial charge in [-0.15, -0.1) is 0 Å². The van der Waals surface area contributed by atoms with E-state index in [2.05, 4.69) is 6.92 Å². The van der Waals surface area contributed by atoms with E-state index in [1.54, 1.807) is 35.0 Å². The first-order chi connectivity index (χ1) is 44.3. The van der Waals surface area contributed by atoms with E-state index in [4.69, 9.17) is 75.8 Å².